The predicted molar refractivity (Wildman–Crippen MR) is 73.6 cm³/mol. The standard InChI is InChI=1S/C16H26O3/c1-10-6-5-7-12-8-16(13(17)15(10,12)3)11(2)9-19-14(16)18-4/h10,12-14,17H,2,5-9H2,1,3-4H3/t10-,12+,13-,14-,15+,16-/m1/s1. The van der Waals surface area contributed by atoms with Gasteiger partial charge in [-0.2, -0.15) is 0 Å². The SMILES string of the molecule is C=C1CO[C@@H](OC)[C@]12C[C@@H]1CCC[C@@H](C)[C@]1(C)[C@H]2O. The number of rotatable bonds is 1. The van der Waals surface area contributed by atoms with Crippen LogP contribution in [0, 0.1) is 22.7 Å². The summed E-state index contributed by atoms with van der Waals surface area (Å²) in [6.45, 7) is 9.26. The van der Waals surface area contributed by atoms with Crippen LogP contribution >= 0.6 is 0 Å². The fourth-order valence-electron chi connectivity index (χ4n) is 5.05. The van der Waals surface area contributed by atoms with Crippen molar-refractivity contribution in [1.29, 1.82) is 0 Å². The Bertz CT molecular complexity index is 393. The van der Waals surface area contributed by atoms with Crippen molar-refractivity contribution < 1.29 is 14.6 Å². The molecule has 108 valence electrons. The number of aliphatic hydroxyl groups is 1. The van der Waals surface area contributed by atoms with E-state index < -0.39 is 6.10 Å². The Balaban J connectivity index is 2.04. The lowest BCUT2D eigenvalue weighted by molar-refractivity contribution is -0.174. The summed E-state index contributed by atoms with van der Waals surface area (Å²) in [5.41, 5.74) is 0.619. The van der Waals surface area contributed by atoms with Crippen molar-refractivity contribution in [2.75, 3.05) is 13.7 Å². The Labute approximate surface area is 116 Å². The van der Waals surface area contributed by atoms with Crippen molar-refractivity contribution in [2.45, 2.75) is 51.9 Å². The minimum absolute atomic E-state index is 0.0222. The van der Waals surface area contributed by atoms with Gasteiger partial charge in [-0.1, -0.05) is 33.3 Å². The van der Waals surface area contributed by atoms with E-state index in [1.165, 1.54) is 19.3 Å². The molecule has 1 heterocycles. The van der Waals surface area contributed by atoms with Crippen LogP contribution < -0.4 is 0 Å². The monoisotopic (exact) mass is 266 g/mol. The molecule has 3 fully saturated rings. The lowest BCUT2D eigenvalue weighted by Gasteiger charge is -2.45. The summed E-state index contributed by atoms with van der Waals surface area (Å²) in [4.78, 5) is 0. The molecule has 1 saturated heterocycles. The molecular weight excluding hydrogens is 240 g/mol. The maximum Gasteiger partial charge on any atom is 0.169 e. The van der Waals surface area contributed by atoms with Crippen molar-refractivity contribution in [3.8, 4) is 0 Å². The van der Waals surface area contributed by atoms with Crippen LogP contribution in [0.25, 0.3) is 0 Å². The van der Waals surface area contributed by atoms with Gasteiger partial charge in [0.25, 0.3) is 0 Å². The number of fused-ring (bicyclic) bond motifs is 1. The van der Waals surface area contributed by atoms with E-state index in [9.17, 15) is 5.11 Å². The largest absolute Gasteiger partial charge is 0.391 e. The molecule has 2 saturated carbocycles. The Morgan fingerprint density at radius 1 is 1.42 bits per heavy atom. The predicted octanol–water partition coefficient (Wildman–Crippen LogP) is 2.74. The second kappa shape index (κ2) is 4.31. The fourth-order valence-corrected chi connectivity index (χ4v) is 5.05. The van der Waals surface area contributed by atoms with E-state index in [1.807, 2.05) is 0 Å². The van der Waals surface area contributed by atoms with Gasteiger partial charge in [-0.25, -0.2) is 0 Å². The summed E-state index contributed by atoms with van der Waals surface area (Å²) in [5, 5.41) is 11.2. The Hall–Kier alpha value is -0.380. The first kappa shape index (κ1) is 13.6. The van der Waals surface area contributed by atoms with Gasteiger partial charge in [0.1, 0.15) is 0 Å². The maximum atomic E-state index is 11.2. The molecule has 3 nitrogen and oxygen atoms in total. The number of hydrogen-bond acceptors (Lipinski definition) is 3. The van der Waals surface area contributed by atoms with Crippen molar-refractivity contribution in [2.24, 2.45) is 22.7 Å². The van der Waals surface area contributed by atoms with Crippen LogP contribution in [0.5, 0.6) is 0 Å². The smallest absolute Gasteiger partial charge is 0.169 e. The van der Waals surface area contributed by atoms with Gasteiger partial charge in [0.2, 0.25) is 0 Å². The van der Waals surface area contributed by atoms with Crippen molar-refractivity contribution in [1.82, 2.24) is 0 Å². The quantitative estimate of drug-likeness (QED) is 0.742. The average molecular weight is 266 g/mol. The highest BCUT2D eigenvalue weighted by Crippen LogP contribution is 2.66. The van der Waals surface area contributed by atoms with E-state index in [4.69, 9.17) is 9.47 Å². The van der Waals surface area contributed by atoms with Gasteiger partial charge >= 0.3 is 0 Å². The molecule has 1 N–H and O–H groups in total. The number of aliphatic hydroxyl groups excluding tert-OH is 1. The maximum absolute atomic E-state index is 11.2. The van der Waals surface area contributed by atoms with Crippen LogP contribution in [0.2, 0.25) is 0 Å². The molecule has 3 rings (SSSR count). The van der Waals surface area contributed by atoms with Gasteiger partial charge in [-0.15, -0.1) is 0 Å². The van der Waals surface area contributed by atoms with Crippen LogP contribution in [-0.2, 0) is 9.47 Å². The molecule has 0 aromatic carbocycles. The summed E-state index contributed by atoms with van der Waals surface area (Å²) in [5.74, 6) is 1.11. The topological polar surface area (TPSA) is 38.7 Å². The second-order valence-electron chi connectivity index (χ2n) is 7.02. The fraction of sp³-hybridized carbons (Fsp3) is 0.875. The van der Waals surface area contributed by atoms with Gasteiger partial charge in [-0.05, 0) is 35.7 Å². The molecule has 6 atom stereocenters. The third-order valence-corrected chi connectivity index (χ3v) is 6.49. The van der Waals surface area contributed by atoms with Crippen LogP contribution in [0.15, 0.2) is 12.2 Å². The van der Waals surface area contributed by atoms with Gasteiger partial charge in [-0.3, -0.25) is 0 Å². The zero-order chi connectivity index (χ0) is 13.8. The first-order valence-corrected chi connectivity index (χ1v) is 7.48. The molecule has 1 spiro atoms. The molecule has 0 radical (unpaired) electrons. The highest BCUT2D eigenvalue weighted by atomic mass is 16.7. The minimum Gasteiger partial charge on any atom is -0.391 e. The van der Waals surface area contributed by atoms with E-state index >= 15 is 0 Å². The minimum atomic E-state index is -0.403. The Kier molecular flexibility index (Phi) is 3.08. The number of hydrogen-bond donors (Lipinski definition) is 1. The van der Waals surface area contributed by atoms with E-state index in [2.05, 4.69) is 20.4 Å². The molecule has 0 unspecified atom stereocenters. The highest BCUT2D eigenvalue weighted by molar-refractivity contribution is 5.27. The molecule has 2 aliphatic carbocycles. The van der Waals surface area contributed by atoms with Crippen LogP contribution in [0.4, 0.5) is 0 Å². The molecule has 19 heavy (non-hydrogen) atoms. The molecular formula is C16H26O3. The summed E-state index contributed by atoms with van der Waals surface area (Å²) in [6, 6.07) is 0. The van der Waals surface area contributed by atoms with E-state index in [0.717, 1.165) is 12.0 Å². The van der Waals surface area contributed by atoms with Crippen molar-refractivity contribution in [3.05, 3.63) is 12.2 Å². The molecule has 0 amide bonds. The third-order valence-electron chi connectivity index (χ3n) is 6.49. The summed E-state index contributed by atoms with van der Waals surface area (Å²) >= 11 is 0. The Morgan fingerprint density at radius 2 is 2.16 bits per heavy atom. The molecule has 3 heteroatoms. The molecule has 1 aliphatic heterocycles. The molecule has 0 bridgehead atoms. The van der Waals surface area contributed by atoms with E-state index in [0.29, 0.717) is 18.4 Å². The first-order chi connectivity index (χ1) is 8.97. The number of ether oxygens (including phenoxy) is 2. The zero-order valence-electron chi connectivity index (χ0n) is 12.3. The normalized spacial score (nSPS) is 53.8. The van der Waals surface area contributed by atoms with Crippen LogP contribution in [-0.4, -0.2) is 31.2 Å². The van der Waals surface area contributed by atoms with Crippen LogP contribution in [0.3, 0.4) is 0 Å². The Morgan fingerprint density at radius 3 is 2.79 bits per heavy atom. The number of methoxy groups -OCH3 is 1. The van der Waals surface area contributed by atoms with Gasteiger partial charge in [0.15, 0.2) is 6.29 Å². The van der Waals surface area contributed by atoms with Gasteiger partial charge in [0, 0.05) is 7.11 Å². The van der Waals surface area contributed by atoms with Crippen molar-refractivity contribution in [3.63, 3.8) is 0 Å². The van der Waals surface area contributed by atoms with Crippen LogP contribution in [0.1, 0.15) is 39.5 Å². The van der Waals surface area contributed by atoms with Crippen molar-refractivity contribution >= 4 is 0 Å². The average Bonchev–Trinajstić information content (AvgIpc) is 2.83. The molecule has 3 aliphatic rings. The van der Waals surface area contributed by atoms with E-state index in [1.54, 1.807) is 7.11 Å². The van der Waals surface area contributed by atoms with Gasteiger partial charge in [0.05, 0.1) is 18.1 Å². The molecule has 0 aromatic rings. The third kappa shape index (κ3) is 1.50. The lowest BCUT2D eigenvalue weighted by Crippen LogP contribution is -2.49. The summed E-state index contributed by atoms with van der Waals surface area (Å²) < 4.78 is 11.3. The second-order valence-corrected chi connectivity index (χ2v) is 7.02. The first-order valence-electron chi connectivity index (χ1n) is 7.48. The highest BCUT2D eigenvalue weighted by Gasteiger charge is 2.67. The lowest BCUT2D eigenvalue weighted by atomic mass is 9.61. The van der Waals surface area contributed by atoms with E-state index in [-0.39, 0.29) is 17.1 Å². The molecule has 0 aromatic heterocycles. The van der Waals surface area contributed by atoms with Gasteiger partial charge < -0.3 is 14.6 Å². The summed E-state index contributed by atoms with van der Waals surface area (Å²) in [7, 11) is 1.67. The summed E-state index contributed by atoms with van der Waals surface area (Å²) in [6.07, 6.45) is 3.93. The zero-order valence-corrected chi connectivity index (χ0v) is 12.3.